The van der Waals surface area contributed by atoms with E-state index >= 15 is 4.79 Å². The molecule has 5 aromatic carbocycles. The third-order valence-corrected chi connectivity index (χ3v) is 15.4. The number of amides is 6. The first kappa shape index (κ1) is 56.3. The van der Waals surface area contributed by atoms with Gasteiger partial charge in [0.05, 0.1) is 13.1 Å². The van der Waals surface area contributed by atoms with Crippen molar-refractivity contribution in [3.05, 3.63) is 154 Å². The molecule has 6 N–H and O–H groups in total. The lowest BCUT2D eigenvalue weighted by Gasteiger charge is -2.42. The third kappa shape index (κ3) is 13.8. The van der Waals surface area contributed by atoms with Crippen molar-refractivity contribution in [2.45, 2.75) is 130 Å². The maximum atomic E-state index is 15.4. The number of fused-ring (bicyclic) bond motifs is 3. The minimum Gasteiger partial charge on any atom is -0.347 e. The lowest BCUT2D eigenvalue weighted by atomic mass is 9.84. The molecule has 0 saturated carbocycles. The summed E-state index contributed by atoms with van der Waals surface area (Å²) in [4.78, 5) is 90.5. The van der Waals surface area contributed by atoms with Crippen molar-refractivity contribution in [2.24, 2.45) is 10.8 Å². The second-order valence-corrected chi connectivity index (χ2v) is 23.4. The first-order valence-electron chi connectivity index (χ1n) is 27.3. The van der Waals surface area contributed by atoms with Crippen molar-refractivity contribution >= 4 is 46.2 Å². The van der Waals surface area contributed by atoms with Gasteiger partial charge in [0.1, 0.15) is 18.1 Å². The molecule has 0 radical (unpaired) electrons. The number of rotatable bonds is 18. The summed E-state index contributed by atoms with van der Waals surface area (Å²) >= 11 is 0. The Morgan fingerprint density at radius 1 is 0.649 bits per heavy atom. The smallest absolute Gasteiger partial charge is 0.251 e. The monoisotopic (exact) mass is 1050 g/mol. The van der Waals surface area contributed by atoms with Crippen LogP contribution >= 0.6 is 0 Å². The highest BCUT2D eigenvalue weighted by molar-refractivity contribution is 5.95. The molecule has 1 fully saturated rings. The first-order valence-corrected chi connectivity index (χ1v) is 27.3. The Balaban J connectivity index is 1.03. The standard InChI is InChI=1S/C62H79N9O6/c1-61(2,3)55(67-53(72)34-63-7)59(76)70-39-48(32-49(70)33-65-51-23-15-21-43-17-13-14-22-50(43)51)66-57(74)44-28-24-40(25-29-44)36-69(37-41-26-27-42-16-9-10-18-45(42)30-41)58(75)52-31-46-19-11-12-20-47(46)38-71(52)60(77)56(62(4,5)6)68-54(73)35-64-8/h9-14,16-20,22,24-30,48-49,51-52,55-56,63-65H,15,21,23,31-39H2,1-8H3,(H,66,74)(H,67,72)(H,68,73). The molecule has 6 unspecified atom stereocenters. The van der Waals surface area contributed by atoms with Gasteiger partial charge in [-0.1, -0.05) is 139 Å². The van der Waals surface area contributed by atoms with E-state index in [9.17, 15) is 24.0 Å². The molecule has 0 bridgehead atoms. The van der Waals surface area contributed by atoms with E-state index < -0.39 is 29.0 Å². The number of aryl methyl sites for hydroxylation is 1. The summed E-state index contributed by atoms with van der Waals surface area (Å²) in [7, 11) is 3.37. The average Bonchev–Trinajstić information content (AvgIpc) is 3.84. The van der Waals surface area contributed by atoms with Crippen molar-refractivity contribution in [1.29, 1.82) is 0 Å². The fourth-order valence-corrected chi connectivity index (χ4v) is 11.3. The molecular formula is C62H79N9O6. The minimum absolute atomic E-state index is 0.0393. The molecule has 1 saturated heterocycles. The maximum absolute atomic E-state index is 15.4. The number of nitrogens with one attached hydrogen (secondary N) is 6. The molecule has 408 valence electrons. The summed E-state index contributed by atoms with van der Waals surface area (Å²) in [6.45, 7) is 13.1. The molecule has 15 heteroatoms. The average molecular weight is 1050 g/mol. The molecule has 15 nitrogen and oxygen atoms in total. The lowest BCUT2D eigenvalue weighted by Crippen LogP contribution is -2.61. The van der Waals surface area contributed by atoms with E-state index in [0.29, 0.717) is 24.9 Å². The van der Waals surface area contributed by atoms with Crippen LogP contribution in [-0.2, 0) is 56.4 Å². The normalized spacial score (nSPS) is 19.1. The molecule has 0 spiro atoms. The number of likely N-dealkylation sites (tertiary alicyclic amines) is 1. The summed E-state index contributed by atoms with van der Waals surface area (Å²) < 4.78 is 0. The van der Waals surface area contributed by atoms with Crippen molar-refractivity contribution < 1.29 is 28.8 Å². The van der Waals surface area contributed by atoms with Gasteiger partial charge < -0.3 is 46.6 Å². The molecule has 6 amide bonds. The van der Waals surface area contributed by atoms with Gasteiger partial charge in [-0.05, 0) is 113 Å². The van der Waals surface area contributed by atoms with Crippen LogP contribution in [0, 0.1) is 10.8 Å². The van der Waals surface area contributed by atoms with Gasteiger partial charge in [-0.15, -0.1) is 0 Å². The number of likely N-dealkylation sites (N-methyl/N-ethyl adjacent to an activating group) is 2. The van der Waals surface area contributed by atoms with Gasteiger partial charge in [0.15, 0.2) is 0 Å². The SMILES string of the molecule is CNCC(=O)NC(C(=O)N1CC(NC(=O)c2ccc(CN(Cc3ccc4ccccc4c3)C(=O)C3Cc4ccccc4CN3C(=O)C(NC(=O)CNC)C(C)(C)C)cc2)CC1CNC1CCCc2ccccc21)C(C)(C)C. The largest absolute Gasteiger partial charge is 0.347 e. The van der Waals surface area contributed by atoms with Crippen molar-refractivity contribution in [3.8, 4) is 0 Å². The minimum atomic E-state index is -0.900. The molecule has 8 rings (SSSR count). The molecule has 2 heterocycles. The fourth-order valence-electron chi connectivity index (χ4n) is 11.3. The van der Waals surface area contributed by atoms with Crippen LogP contribution in [0.15, 0.2) is 115 Å². The predicted octanol–water partition coefficient (Wildman–Crippen LogP) is 6.19. The number of hydrogen-bond acceptors (Lipinski definition) is 9. The molecular weight excluding hydrogens is 967 g/mol. The Morgan fingerprint density at radius 3 is 1.87 bits per heavy atom. The zero-order valence-electron chi connectivity index (χ0n) is 46.2. The zero-order valence-corrected chi connectivity index (χ0v) is 46.2. The Morgan fingerprint density at radius 2 is 1.22 bits per heavy atom. The number of nitrogens with zero attached hydrogens (tertiary/aromatic N) is 3. The summed E-state index contributed by atoms with van der Waals surface area (Å²) in [6, 6.07) is 34.9. The molecule has 1 aliphatic carbocycles. The van der Waals surface area contributed by atoms with Crippen LogP contribution in [0.25, 0.3) is 10.8 Å². The molecule has 0 aromatic heterocycles. The van der Waals surface area contributed by atoms with Gasteiger partial charge in [-0.25, -0.2) is 0 Å². The first-order chi connectivity index (χ1) is 36.8. The second kappa shape index (κ2) is 24.6. The number of benzene rings is 5. The van der Waals surface area contributed by atoms with E-state index in [2.05, 4.69) is 74.4 Å². The quantitative estimate of drug-likeness (QED) is 0.0596. The maximum Gasteiger partial charge on any atom is 0.251 e. The number of carbonyl (C=O) groups excluding carboxylic acids is 6. The van der Waals surface area contributed by atoms with Crippen molar-refractivity contribution in [3.63, 3.8) is 0 Å². The van der Waals surface area contributed by atoms with Crippen LogP contribution in [0.1, 0.15) is 111 Å². The van der Waals surface area contributed by atoms with Crippen molar-refractivity contribution in [2.75, 3.05) is 40.3 Å². The van der Waals surface area contributed by atoms with Gasteiger partial charge >= 0.3 is 0 Å². The van der Waals surface area contributed by atoms with Gasteiger partial charge in [0, 0.05) is 62.8 Å². The Bertz CT molecular complexity index is 2930. The highest BCUT2D eigenvalue weighted by atomic mass is 16.2. The van der Waals surface area contributed by atoms with Crippen LogP contribution in [0.4, 0.5) is 0 Å². The summed E-state index contributed by atoms with van der Waals surface area (Å²) in [5.41, 5.74) is 5.45. The summed E-state index contributed by atoms with van der Waals surface area (Å²) in [5, 5.41) is 20.9. The number of hydrogen-bond donors (Lipinski definition) is 6. The Hall–Kier alpha value is -6.94. The highest BCUT2D eigenvalue weighted by Gasteiger charge is 2.45. The lowest BCUT2D eigenvalue weighted by molar-refractivity contribution is -0.151. The number of carbonyl (C=O) groups is 6. The van der Waals surface area contributed by atoms with Gasteiger partial charge in [0.2, 0.25) is 29.5 Å². The molecule has 5 aromatic rings. The van der Waals surface area contributed by atoms with E-state index in [4.69, 9.17) is 0 Å². The van der Waals surface area contributed by atoms with E-state index in [1.807, 2.05) is 107 Å². The second-order valence-electron chi connectivity index (χ2n) is 23.4. The van der Waals surface area contributed by atoms with Crippen LogP contribution in [0.2, 0.25) is 0 Å². The summed E-state index contributed by atoms with van der Waals surface area (Å²) in [6.07, 6.45) is 3.90. The van der Waals surface area contributed by atoms with E-state index in [-0.39, 0.29) is 92.8 Å². The zero-order chi connectivity index (χ0) is 55.0. The topological polar surface area (TPSA) is 184 Å². The molecule has 77 heavy (non-hydrogen) atoms. The van der Waals surface area contributed by atoms with Crippen molar-refractivity contribution in [1.82, 2.24) is 46.6 Å². The van der Waals surface area contributed by atoms with E-state index in [0.717, 1.165) is 52.3 Å². The van der Waals surface area contributed by atoms with Gasteiger partial charge in [0.25, 0.3) is 5.91 Å². The predicted molar refractivity (Wildman–Crippen MR) is 301 cm³/mol. The molecule has 2 aliphatic heterocycles. The summed E-state index contributed by atoms with van der Waals surface area (Å²) in [5.74, 6) is -1.61. The van der Waals surface area contributed by atoms with Crippen LogP contribution in [-0.4, -0.2) is 121 Å². The molecule has 6 atom stereocenters. The fraction of sp³-hybridized carbons (Fsp3) is 0.452. The van der Waals surface area contributed by atoms with Crippen LogP contribution in [0.5, 0.6) is 0 Å². The van der Waals surface area contributed by atoms with E-state index in [1.54, 1.807) is 36.0 Å². The van der Waals surface area contributed by atoms with E-state index in [1.165, 1.54) is 11.1 Å². The highest BCUT2D eigenvalue weighted by Crippen LogP contribution is 2.33. The van der Waals surface area contributed by atoms with Gasteiger partial charge in [-0.2, -0.15) is 0 Å². The van der Waals surface area contributed by atoms with Crippen LogP contribution in [0.3, 0.4) is 0 Å². The molecule has 3 aliphatic rings. The third-order valence-electron chi connectivity index (χ3n) is 15.4. The Kier molecular flexibility index (Phi) is 18.0. The Labute approximate surface area is 454 Å². The van der Waals surface area contributed by atoms with Crippen LogP contribution < -0.4 is 31.9 Å². The van der Waals surface area contributed by atoms with Gasteiger partial charge in [-0.3, -0.25) is 28.8 Å².